The number of pyridine rings is 2. The van der Waals surface area contributed by atoms with Crippen LogP contribution >= 0.6 is 0 Å². The number of imidazole rings is 1. The highest BCUT2D eigenvalue weighted by molar-refractivity contribution is 6.04. The Hall–Kier alpha value is -3.21. The first-order valence-corrected chi connectivity index (χ1v) is 9.72. The Balaban J connectivity index is 1.76. The van der Waals surface area contributed by atoms with Crippen LogP contribution in [0, 0.1) is 6.92 Å². The molecular formula is C23H22N4O. The van der Waals surface area contributed by atoms with Crippen molar-refractivity contribution in [2.45, 2.75) is 40.2 Å². The number of hydrogen-bond donors (Lipinski definition) is 0. The molecule has 0 spiro atoms. The molecule has 0 bridgehead atoms. The standard InChI is InChI=1S/C23H22N4O/c1-5-27-21-18(10-11-24-20(21)13(2)3)26-22(27)15-7-9-16-17-8-6-14(4)25-23(17)28-19(16)12-15/h6-13H,5H2,1-4H3. The van der Waals surface area contributed by atoms with Gasteiger partial charge in [0, 0.05) is 34.8 Å². The first kappa shape index (κ1) is 16.9. The van der Waals surface area contributed by atoms with Crippen molar-refractivity contribution in [3.05, 3.63) is 54.0 Å². The summed E-state index contributed by atoms with van der Waals surface area (Å²) in [5.74, 6) is 1.28. The Morgan fingerprint density at radius 1 is 1.04 bits per heavy atom. The van der Waals surface area contributed by atoms with Gasteiger partial charge in [-0.05, 0) is 50.1 Å². The summed E-state index contributed by atoms with van der Waals surface area (Å²) in [5.41, 5.74) is 6.70. The summed E-state index contributed by atoms with van der Waals surface area (Å²) in [6.45, 7) is 9.29. The maximum absolute atomic E-state index is 6.04. The normalized spacial score (nSPS) is 12.0. The highest BCUT2D eigenvalue weighted by Crippen LogP contribution is 2.33. The van der Waals surface area contributed by atoms with Crippen molar-refractivity contribution in [2.24, 2.45) is 0 Å². The second-order valence-corrected chi connectivity index (χ2v) is 7.52. The van der Waals surface area contributed by atoms with Crippen molar-refractivity contribution < 1.29 is 4.42 Å². The summed E-state index contributed by atoms with van der Waals surface area (Å²) in [7, 11) is 0. The van der Waals surface area contributed by atoms with E-state index in [4.69, 9.17) is 9.40 Å². The van der Waals surface area contributed by atoms with Crippen LogP contribution in [0.1, 0.15) is 38.1 Å². The molecule has 0 saturated carbocycles. The van der Waals surface area contributed by atoms with Crippen LogP contribution in [0.2, 0.25) is 0 Å². The predicted octanol–water partition coefficient (Wildman–Crippen LogP) is 5.84. The molecule has 0 N–H and O–H groups in total. The lowest BCUT2D eigenvalue weighted by Crippen LogP contribution is -2.02. The molecule has 28 heavy (non-hydrogen) atoms. The lowest BCUT2D eigenvalue weighted by molar-refractivity contribution is 0.652. The van der Waals surface area contributed by atoms with Gasteiger partial charge in [0.05, 0.1) is 16.7 Å². The topological polar surface area (TPSA) is 56.7 Å². The van der Waals surface area contributed by atoms with Gasteiger partial charge in [-0.3, -0.25) is 4.98 Å². The summed E-state index contributed by atoms with van der Waals surface area (Å²) in [6.07, 6.45) is 1.85. The Labute approximate surface area is 163 Å². The number of hydrogen-bond acceptors (Lipinski definition) is 4. The average Bonchev–Trinajstić information content (AvgIpc) is 3.24. The Morgan fingerprint density at radius 3 is 2.64 bits per heavy atom. The van der Waals surface area contributed by atoms with E-state index in [0.29, 0.717) is 11.6 Å². The van der Waals surface area contributed by atoms with E-state index in [0.717, 1.165) is 56.7 Å². The SMILES string of the molecule is CCn1c(-c2ccc3c(c2)oc2nc(C)ccc23)nc2ccnc(C(C)C)c21. The third-order valence-electron chi connectivity index (χ3n) is 5.28. The van der Waals surface area contributed by atoms with E-state index < -0.39 is 0 Å². The summed E-state index contributed by atoms with van der Waals surface area (Å²) >= 11 is 0. The van der Waals surface area contributed by atoms with Gasteiger partial charge in [0.25, 0.3) is 0 Å². The van der Waals surface area contributed by atoms with E-state index in [1.54, 1.807) is 0 Å². The highest BCUT2D eigenvalue weighted by Gasteiger charge is 2.18. The van der Waals surface area contributed by atoms with Gasteiger partial charge < -0.3 is 8.98 Å². The van der Waals surface area contributed by atoms with Crippen LogP contribution in [0.5, 0.6) is 0 Å². The molecule has 140 valence electrons. The maximum atomic E-state index is 6.04. The first-order chi connectivity index (χ1) is 13.6. The fourth-order valence-electron chi connectivity index (χ4n) is 3.95. The molecule has 0 aliphatic rings. The number of nitrogens with zero attached hydrogens (tertiary/aromatic N) is 4. The van der Waals surface area contributed by atoms with Crippen LogP contribution in [0.15, 0.2) is 47.0 Å². The fraction of sp³-hybridized carbons (Fsp3) is 0.261. The zero-order valence-electron chi connectivity index (χ0n) is 16.5. The largest absolute Gasteiger partial charge is 0.438 e. The van der Waals surface area contributed by atoms with E-state index in [2.05, 4.69) is 59.6 Å². The third-order valence-corrected chi connectivity index (χ3v) is 5.28. The summed E-state index contributed by atoms with van der Waals surface area (Å²) < 4.78 is 8.30. The summed E-state index contributed by atoms with van der Waals surface area (Å²) in [4.78, 5) is 14.1. The fourth-order valence-corrected chi connectivity index (χ4v) is 3.95. The lowest BCUT2D eigenvalue weighted by Gasteiger charge is -2.10. The zero-order chi connectivity index (χ0) is 19.4. The van der Waals surface area contributed by atoms with Gasteiger partial charge >= 0.3 is 0 Å². The van der Waals surface area contributed by atoms with Gasteiger partial charge in [0.2, 0.25) is 5.71 Å². The third kappa shape index (κ3) is 2.43. The molecule has 4 aromatic heterocycles. The number of aromatic nitrogens is 4. The van der Waals surface area contributed by atoms with Gasteiger partial charge in [-0.2, -0.15) is 0 Å². The minimum atomic E-state index is 0.339. The maximum Gasteiger partial charge on any atom is 0.227 e. The van der Waals surface area contributed by atoms with Crippen LogP contribution < -0.4 is 0 Å². The molecule has 0 fully saturated rings. The molecule has 0 unspecified atom stereocenters. The lowest BCUT2D eigenvalue weighted by atomic mass is 10.1. The van der Waals surface area contributed by atoms with E-state index in [-0.39, 0.29) is 0 Å². The van der Waals surface area contributed by atoms with Gasteiger partial charge in [0.15, 0.2) is 0 Å². The van der Waals surface area contributed by atoms with Gasteiger partial charge in [-0.25, -0.2) is 9.97 Å². The Bertz CT molecular complexity index is 1340. The predicted molar refractivity (Wildman–Crippen MR) is 113 cm³/mol. The number of rotatable bonds is 3. The van der Waals surface area contributed by atoms with E-state index in [9.17, 15) is 0 Å². The van der Waals surface area contributed by atoms with Crippen LogP contribution in [0.25, 0.3) is 44.5 Å². The quantitative estimate of drug-likeness (QED) is 0.400. The second kappa shape index (κ2) is 6.16. The Kier molecular flexibility index (Phi) is 3.72. The molecule has 4 heterocycles. The van der Waals surface area contributed by atoms with Crippen molar-refractivity contribution in [2.75, 3.05) is 0 Å². The molecule has 0 saturated heterocycles. The number of furan rings is 1. The smallest absolute Gasteiger partial charge is 0.227 e. The highest BCUT2D eigenvalue weighted by atomic mass is 16.3. The summed E-state index contributed by atoms with van der Waals surface area (Å²) in [5, 5.41) is 2.12. The van der Waals surface area contributed by atoms with Crippen molar-refractivity contribution in [1.29, 1.82) is 0 Å². The van der Waals surface area contributed by atoms with Crippen LogP contribution in [0.4, 0.5) is 0 Å². The molecule has 0 atom stereocenters. The summed E-state index contributed by atoms with van der Waals surface area (Å²) in [6, 6.07) is 12.4. The molecule has 5 rings (SSSR count). The molecule has 0 radical (unpaired) electrons. The first-order valence-electron chi connectivity index (χ1n) is 9.72. The molecular weight excluding hydrogens is 348 g/mol. The van der Waals surface area contributed by atoms with Crippen molar-refractivity contribution in [3.63, 3.8) is 0 Å². The van der Waals surface area contributed by atoms with Crippen LogP contribution in [-0.4, -0.2) is 19.5 Å². The minimum absolute atomic E-state index is 0.339. The number of aryl methyl sites for hydroxylation is 2. The van der Waals surface area contributed by atoms with E-state index >= 15 is 0 Å². The van der Waals surface area contributed by atoms with E-state index in [1.807, 2.05) is 25.3 Å². The molecule has 0 amide bonds. The van der Waals surface area contributed by atoms with E-state index in [1.165, 1.54) is 0 Å². The second-order valence-electron chi connectivity index (χ2n) is 7.52. The monoisotopic (exact) mass is 370 g/mol. The molecule has 5 heteroatoms. The molecule has 0 aliphatic carbocycles. The number of fused-ring (bicyclic) bond motifs is 4. The number of benzene rings is 1. The van der Waals surface area contributed by atoms with Gasteiger partial charge in [-0.15, -0.1) is 0 Å². The van der Waals surface area contributed by atoms with Crippen LogP contribution in [0.3, 0.4) is 0 Å². The molecule has 1 aromatic carbocycles. The zero-order valence-corrected chi connectivity index (χ0v) is 16.5. The van der Waals surface area contributed by atoms with Crippen molar-refractivity contribution >= 4 is 33.1 Å². The van der Waals surface area contributed by atoms with Crippen molar-refractivity contribution in [1.82, 2.24) is 19.5 Å². The van der Waals surface area contributed by atoms with Crippen molar-refractivity contribution in [3.8, 4) is 11.4 Å². The molecule has 0 aliphatic heterocycles. The minimum Gasteiger partial charge on any atom is -0.438 e. The van der Waals surface area contributed by atoms with Gasteiger partial charge in [0.1, 0.15) is 11.4 Å². The molecule has 5 aromatic rings. The Morgan fingerprint density at radius 2 is 1.86 bits per heavy atom. The van der Waals surface area contributed by atoms with Gasteiger partial charge in [-0.1, -0.05) is 19.9 Å². The van der Waals surface area contributed by atoms with Crippen LogP contribution in [-0.2, 0) is 6.54 Å². The average molecular weight is 370 g/mol. The molecule has 5 nitrogen and oxygen atoms in total.